The van der Waals surface area contributed by atoms with E-state index in [-0.39, 0.29) is 5.91 Å². The first-order chi connectivity index (χ1) is 10.2. The van der Waals surface area contributed by atoms with Crippen LogP contribution in [0.4, 0.5) is 5.69 Å². The number of anilines is 1. The van der Waals surface area contributed by atoms with Gasteiger partial charge in [-0.25, -0.2) is 0 Å². The molecule has 2 N–H and O–H groups in total. The predicted molar refractivity (Wildman–Crippen MR) is 87.9 cm³/mol. The highest BCUT2D eigenvalue weighted by molar-refractivity contribution is 9.10. The molecule has 3 nitrogen and oxygen atoms in total. The second-order valence-corrected chi connectivity index (χ2v) is 6.20. The molecule has 21 heavy (non-hydrogen) atoms. The molecule has 1 aliphatic rings. The van der Waals surface area contributed by atoms with Crippen LogP contribution in [0, 0.1) is 0 Å². The van der Waals surface area contributed by atoms with Gasteiger partial charge in [-0.05, 0) is 52.5 Å². The second kappa shape index (κ2) is 5.90. The summed E-state index contributed by atoms with van der Waals surface area (Å²) in [7, 11) is 0. The van der Waals surface area contributed by atoms with Crippen LogP contribution in [0.15, 0.2) is 53.0 Å². The first-order valence-electron chi connectivity index (χ1n) is 7.05. The van der Waals surface area contributed by atoms with E-state index in [1.54, 1.807) is 0 Å². The number of hydrogen-bond donors (Lipinski definition) is 1. The lowest BCUT2D eigenvalue weighted by Crippen LogP contribution is -2.33. The standard InChI is InChI=1S/C17H17BrN2O/c18-15-7-3-2-6-14(15)17(21)20(13-9-10-13)11-12-5-1-4-8-16(12)19/h1-8,13H,9-11,19H2. The molecule has 2 aromatic rings. The van der Waals surface area contributed by atoms with Gasteiger partial charge in [-0.3, -0.25) is 4.79 Å². The summed E-state index contributed by atoms with van der Waals surface area (Å²) in [6.45, 7) is 0.567. The molecular formula is C17H17BrN2O. The van der Waals surface area contributed by atoms with Crippen molar-refractivity contribution in [3.05, 3.63) is 64.1 Å². The number of amides is 1. The van der Waals surface area contributed by atoms with E-state index in [0.29, 0.717) is 18.2 Å². The first-order valence-corrected chi connectivity index (χ1v) is 7.85. The molecule has 0 aliphatic heterocycles. The van der Waals surface area contributed by atoms with Gasteiger partial charge in [-0.1, -0.05) is 30.3 Å². The van der Waals surface area contributed by atoms with Crippen LogP contribution in [0.3, 0.4) is 0 Å². The van der Waals surface area contributed by atoms with Crippen LogP contribution in [0.1, 0.15) is 28.8 Å². The van der Waals surface area contributed by atoms with Crippen molar-refractivity contribution < 1.29 is 4.79 Å². The fraction of sp³-hybridized carbons (Fsp3) is 0.235. The minimum absolute atomic E-state index is 0.0632. The smallest absolute Gasteiger partial charge is 0.255 e. The maximum absolute atomic E-state index is 12.8. The van der Waals surface area contributed by atoms with Gasteiger partial charge in [0.15, 0.2) is 0 Å². The molecule has 1 amide bonds. The van der Waals surface area contributed by atoms with E-state index in [4.69, 9.17) is 5.73 Å². The monoisotopic (exact) mass is 344 g/mol. The summed E-state index contributed by atoms with van der Waals surface area (Å²) in [4.78, 5) is 14.8. The van der Waals surface area contributed by atoms with Gasteiger partial charge in [0.2, 0.25) is 0 Å². The summed E-state index contributed by atoms with van der Waals surface area (Å²) >= 11 is 3.46. The van der Waals surface area contributed by atoms with Gasteiger partial charge in [-0.15, -0.1) is 0 Å². The van der Waals surface area contributed by atoms with Crippen LogP contribution in [-0.4, -0.2) is 16.8 Å². The number of hydrogen-bond acceptors (Lipinski definition) is 2. The molecule has 0 radical (unpaired) electrons. The molecule has 4 heteroatoms. The molecule has 2 aromatic carbocycles. The second-order valence-electron chi connectivity index (χ2n) is 5.34. The predicted octanol–water partition coefficient (Wildman–Crippen LogP) is 3.84. The molecule has 0 spiro atoms. The zero-order valence-corrected chi connectivity index (χ0v) is 13.2. The highest BCUT2D eigenvalue weighted by atomic mass is 79.9. The Morgan fingerprint density at radius 2 is 1.81 bits per heavy atom. The zero-order chi connectivity index (χ0) is 14.8. The molecule has 3 rings (SSSR count). The number of nitrogens with two attached hydrogens (primary N) is 1. The van der Waals surface area contributed by atoms with Crippen molar-refractivity contribution in [3.8, 4) is 0 Å². The van der Waals surface area contributed by atoms with E-state index in [1.807, 2.05) is 53.4 Å². The summed E-state index contributed by atoms with van der Waals surface area (Å²) in [5, 5.41) is 0. The van der Waals surface area contributed by atoms with E-state index in [2.05, 4.69) is 15.9 Å². The average molecular weight is 345 g/mol. The number of para-hydroxylation sites is 1. The van der Waals surface area contributed by atoms with Crippen molar-refractivity contribution in [1.29, 1.82) is 0 Å². The maximum Gasteiger partial charge on any atom is 0.255 e. The van der Waals surface area contributed by atoms with Crippen molar-refractivity contribution in [1.82, 2.24) is 4.90 Å². The lowest BCUT2D eigenvalue weighted by atomic mass is 10.1. The Morgan fingerprint density at radius 3 is 2.48 bits per heavy atom. The Balaban J connectivity index is 1.87. The van der Waals surface area contributed by atoms with Gasteiger partial charge in [0, 0.05) is 22.7 Å². The number of nitrogen functional groups attached to an aromatic ring is 1. The summed E-state index contributed by atoms with van der Waals surface area (Å²) in [5.74, 6) is 0.0632. The van der Waals surface area contributed by atoms with E-state index in [1.165, 1.54) is 0 Å². The Bertz CT molecular complexity index is 667. The van der Waals surface area contributed by atoms with Crippen molar-refractivity contribution in [3.63, 3.8) is 0 Å². The molecule has 108 valence electrons. The molecular weight excluding hydrogens is 328 g/mol. The molecule has 1 saturated carbocycles. The molecule has 1 fully saturated rings. The molecule has 0 unspecified atom stereocenters. The summed E-state index contributed by atoms with van der Waals surface area (Å²) in [6.07, 6.45) is 2.14. The normalized spacial score (nSPS) is 14.0. The van der Waals surface area contributed by atoms with Gasteiger partial charge >= 0.3 is 0 Å². The minimum Gasteiger partial charge on any atom is -0.398 e. The van der Waals surface area contributed by atoms with Crippen LogP contribution >= 0.6 is 15.9 Å². The summed E-state index contributed by atoms with van der Waals surface area (Å²) in [6, 6.07) is 15.6. The van der Waals surface area contributed by atoms with E-state index in [9.17, 15) is 4.79 Å². The molecule has 0 saturated heterocycles. The van der Waals surface area contributed by atoms with E-state index in [0.717, 1.165) is 28.6 Å². The Hall–Kier alpha value is -1.81. The third kappa shape index (κ3) is 3.10. The molecule has 0 bridgehead atoms. The van der Waals surface area contributed by atoms with Crippen molar-refractivity contribution in [2.75, 3.05) is 5.73 Å². The van der Waals surface area contributed by atoms with Crippen LogP contribution in [0.2, 0.25) is 0 Å². The highest BCUT2D eigenvalue weighted by Crippen LogP contribution is 2.32. The van der Waals surface area contributed by atoms with Crippen LogP contribution in [0.25, 0.3) is 0 Å². The highest BCUT2D eigenvalue weighted by Gasteiger charge is 2.33. The molecule has 1 aliphatic carbocycles. The minimum atomic E-state index is 0.0632. The third-order valence-electron chi connectivity index (χ3n) is 3.75. The lowest BCUT2D eigenvalue weighted by Gasteiger charge is -2.24. The Morgan fingerprint density at radius 1 is 1.14 bits per heavy atom. The SMILES string of the molecule is Nc1ccccc1CN(C(=O)c1ccccc1Br)C1CC1. The zero-order valence-electron chi connectivity index (χ0n) is 11.6. The van der Waals surface area contributed by atoms with Gasteiger partial charge in [-0.2, -0.15) is 0 Å². The first kappa shape index (κ1) is 14.1. The quantitative estimate of drug-likeness (QED) is 0.856. The molecule has 0 heterocycles. The van der Waals surface area contributed by atoms with Gasteiger partial charge in [0.05, 0.1) is 5.56 Å². The lowest BCUT2D eigenvalue weighted by molar-refractivity contribution is 0.0729. The summed E-state index contributed by atoms with van der Waals surface area (Å²) in [5.41, 5.74) is 8.46. The topological polar surface area (TPSA) is 46.3 Å². The van der Waals surface area contributed by atoms with Crippen LogP contribution in [0.5, 0.6) is 0 Å². The van der Waals surface area contributed by atoms with Crippen LogP contribution < -0.4 is 5.73 Å². The number of carbonyl (C=O) groups is 1. The number of rotatable bonds is 4. The number of carbonyl (C=O) groups excluding carboxylic acids is 1. The summed E-state index contributed by atoms with van der Waals surface area (Å²) < 4.78 is 0.835. The van der Waals surface area contributed by atoms with E-state index >= 15 is 0 Å². The molecule has 0 atom stereocenters. The van der Waals surface area contributed by atoms with Crippen molar-refractivity contribution in [2.45, 2.75) is 25.4 Å². The fourth-order valence-corrected chi connectivity index (χ4v) is 2.86. The average Bonchev–Trinajstić information content (AvgIpc) is 3.31. The third-order valence-corrected chi connectivity index (χ3v) is 4.44. The fourth-order valence-electron chi connectivity index (χ4n) is 2.40. The van der Waals surface area contributed by atoms with E-state index < -0.39 is 0 Å². The van der Waals surface area contributed by atoms with Gasteiger partial charge < -0.3 is 10.6 Å². The Labute approximate surface area is 132 Å². The van der Waals surface area contributed by atoms with Crippen molar-refractivity contribution >= 4 is 27.5 Å². The number of benzene rings is 2. The molecule has 0 aromatic heterocycles. The van der Waals surface area contributed by atoms with Gasteiger partial charge in [0.1, 0.15) is 0 Å². The maximum atomic E-state index is 12.8. The largest absolute Gasteiger partial charge is 0.398 e. The van der Waals surface area contributed by atoms with Crippen LogP contribution in [-0.2, 0) is 6.54 Å². The Kier molecular flexibility index (Phi) is 3.97. The van der Waals surface area contributed by atoms with Crippen molar-refractivity contribution in [2.24, 2.45) is 0 Å². The number of halogens is 1. The number of nitrogens with zero attached hydrogens (tertiary/aromatic N) is 1. The van der Waals surface area contributed by atoms with Gasteiger partial charge in [0.25, 0.3) is 5.91 Å².